The summed E-state index contributed by atoms with van der Waals surface area (Å²) in [6.07, 6.45) is 0.0716. The fourth-order valence-corrected chi connectivity index (χ4v) is 2.79. The summed E-state index contributed by atoms with van der Waals surface area (Å²) in [7, 11) is 0. The van der Waals surface area contributed by atoms with E-state index in [1.807, 2.05) is 4.90 Å². The second kappa shape index (κ2) is 5.91. The molecule has 5 nitrogen and oxygen atoms in total. The van der Waals surface area contributed by atoms with Gasteiger partial charge in [0.15, 0.2) is 5.69 Å². The van der Waals surface area contributed by atoms with Crippen LogP contribution in [-0.2, 0) is 6.18 Å². The predicted molar refractivity (Wildman–Crippen MR) is 76.7 cm³/mol. The number of rotatable bonds is 2. The molecular formula is C15H14F3N5. The van der Waals surface area contributed by atoms with Crippen molar-refractivity contribution in [3.8, 4) is 6.07 Å². The maximum atomic E-state index is 12.7. The Balaban J connectivity index is 1.81. The molecule has 8 heteroatoms. The summed E-state index contributed by atoms with van der Waals surface area (Å²) in [6.45, 7) is 1.19. The quantitative estimate of drug-likeness (QED) is 0.853. The van der Waals surface area contributed by atoms with Crippen LogP contribution in [0, 0.1) is 11.3 Å². The highest BCUT2D eigenvalue weighted by molar-refractivity contribution is 5.53. The van der Waals surface area contributed by atoms with Gasteiger partial charge in [-0.25, -0.2) is 4.98 Å². The van der Waals surface area contributed by atoms with Crippen LogP contribution in [0.3, 0.4) is 0 Å². The summed E-state index contributed by atoms with van der Waals surface area (Å²) in [5, 5.41) is 12.8. The van der Waals surface area contributed by atoms with Gasteiger partial charge in [0.2, 0.25) is 0 Å². The fraction of sp³-hybridized carbons (Fsp3) is 0.400. The molecule has 0 saturated carbocycles. The fourth-order valence-electron chi connectivity index (χ4n) is 2.79. The number of hydrogen-bond donors (Lipinski definition) is 0. The normalized spacial score (nSPS) is 18.7. The molecule has 0 aliphatic carbocycles. The average molecular weight is 321 g/mol. The molecule has 1 aliphatic rings. The lowest BCUT2D eigenvalue weighted by molar-refractivity contribution is -0.141. The first kappa shape index (κ1) is 15.3. The van der Waals surface area contributed by atoms with Gasteiger partial charge >= 0.3 is 6.18 Å². The van der Waals surface area contributed by atoms with Crippen molar-refractivity contribution in [2.45, 2.75) is 25.1 Å². The third-order valence-corrected chi connectivity index (χ3v) is 3.88. The Morgan fingerprint density at radius 3 is 2.83 bits per heavy atom. The lowest BCUT2D eigenvalue weighted by Gasteiger charge is -2.34. The molecule has 120 valence electrons. The van der Waals surface area contributed by atoms with Gasteiger partial charge in [-0.1, -0.05) is 0 Å². The van der Waals surface area contributed by atoms with E-state index in [0.717, 1.165) is 25.5 Å². The van der Waals surface area contributed by atoms with Crippen LogP contribution in [0.2, 0.25) is 0 Å². The van der Waals surface area contributed by atoms with Gasteiger partial charge in [0.05, 0.1) is 11.6 Å². The Morgan fingerprint density at radius 2 is 2.13 bits per heavy atom. The van der Waals surface area contributed by atoms with Crippen LogP contribution in [0.15, 0.2) is 30.6 Å². The number of piperidine rings is 1. The third kappa shape index (κ3) is 3.13. The first-order valence-electron chi connectivity index (χ1n) is 7.21. The van der Waals surface area contributed by atoms with Gasteiger partial charge in [-0.05, 0) is 31.0 Å². The minimum absolute atomic E-state index is 0.173. The highest BCUT2D eigenvalue weighted by atomic mass is 19.4. The summed E-state index contributed by atoms with van der Waals surface area (Å²) in [6, 6.07) is 6.28. The minimum Gasteiger partial charge on any atom is -0.353 e. The number of nitriles is 1. The highest BCUT2D eigenvalue weighted by Crippen LogP contribution is 2.30. The van der Waals surface area contributed by atoms with Crippen molar-refractivity contribution >= 4 is 5.82 Å². The number of alkyl halides is 3. The maximum absolute atomic E-state index is 12.7. The van der Waals surface area contributed by atoms with Crippen LogP contribution < -0.4 is 4.90 Å². The first-order valence-corrected chi connectivity index (χ1v) is 7.21. The standard InChI is InChI=1S/C15H14F3N5/c16-15(17,18)13-5-8-23(21-13)12-4-2-7-22(10-12)14-11(9-19)3-1-6-20-14/h1,3,5-6,8,12H,2,4,7,10H2. The SMILES string of the molecule is N#Cc1cccnc1N1CCCC(n2ccc(C(F)(F)F)n2)C1. The summed E-state index contributed by atoms with van der Waals surface area (Å²) in [4.78, 5) is 6.17. The Morgan fingerprint density at radius 1 is 1.30 bits per heavy atom. The topological polar surface area (TPSA) is 57.7 Å². The Hall–Kier alpha value is -2.56. The molecule has 0 amide bonds. The van der Waals surface area contributed by atoms with Gasteiger partial charge in [0.25, 0.3) is 0 Å². The largest absolute Gasteiger partial charge is 0.435 e. The predicted octanol–water partition coefficient (Wildman–Crippen LogP) is 3.01. The zero-order valence-electron chi connectivity index (χ0n) is 12.2. The van der Waals surface area contributed by atoms with E-state index in [0.29, 0.717) is 17.9 Å². The van der Waals surface area contributed by atoms with E-state index in [-0.39, 0.29) is 6.04 Å². The lowest BCUT2D eigenvalue weighted by atomic mass is 10.1. The number of aromatic nitrogens is 3. The molecule has 1 atom stereocenters. The molecule has 2 aromatic rings. The van der Waals surface area contributed by atoms with E-state index < -0.39 is 11.9 Å². The minimum atomic E-state index is -4.44. The van der Waals surface area contributed by atoms with Crippen LogP contribution in [0.25, 0.3) is 0 Å². The van der Waals surface area contributed by atoms with E-state index in [9.17, 15) is 13.2 Å². The summed E-state index contributed by atoms with van der Waals surface area (Å²) < 4.78 is 39.4. The molecule has 3 rings (SSSR count). The average Bonchev–Trinajstić information content (AvgIpc) is 3.05. The van der Waals surface area contributed by atoms with Crippen molar-refractivity contribution in [1.29, 1.82) is 5.26 Å². The first-order chi connectivity index (χ1) is 11.0. The molecule has 1 aliphatic heterocycles. The number of anilines is 1. The molecule has 0 spiro atoms. The Labute approximate surface area is 131 Å². The van der Waals surface area contributed by atoms with Crippen LogP contribution in [-0.4, -0.2) is 27.9 Å². The molecule has 23 heavy (non-hydrogen) atoms. The van der Waals surface area contributed by atoms with E-state index >= 15 is 0 Å². The second-order valence-electron chi connectivity index (χ2n) is 5.41. The van der Waals surface area contributed by atoms with E-state index in [1.54, 1.807) is 18.3 Å². The van der Waals surface area contributed by atoms with Crippen LogP contribution in [0.4, 0.5) is 19.0 Å². The summed E-state index contributed by atoms with van der Waals surface area (Å²) in [5.74, 6) is 0.572. The van der Waals surface area contributed by atoms with E-state index in [1.165, 1.54) is 10.9 Å². The molecule has 1 fully saturated rings. The smallest absolute Gasteiger partial charge is 0.353 e. The Kier molecular flexibility index (Phi) is 3.94. The van der Waals surface area contributed by atoms with Gasteiger partial charge in [0.1, 0.15) is 11.9 Å². The molecule has 3 heterocycles. The molecule has 2 aromatic heterocycles. The van der Waals surface area contributed by atoms with Crippen LogP contribution >= 0.6 is 0 Å². The van der Waals surface area contributed by atoms with Crippen molar-refractivity contribution in [2.24, 2.45) is 0 Å². The molecule has 0 aromatic carbocycles. The highest BCUT2D eigenvalue weighted by Gasteiger charge is 2.34. The number of hydrogen-bond acceptors (Lipinski definition) is 4. The number of pyridine rings is 1. The van der Waals surface area contributed by atoms with Gasteiger partial charge < -0.3 is 4.90 Å². The van der Waals surface area contributed by atoms with Crippen molar-refractivity contribution < 1.29 is 13.2 Å². The maximum Gasteiger partial charge on any atom is 0.435 e. The van der Waals surface area contributed by atoms with Crippen LogP contribution in [0.1, 0.15) is 30.1 Å². The zero-order chi connectivity index (χ0) is 16.4. The van der Waals surface area contributed by atoms with Crippen molar-refractivity contribution in [3.63, 3.8) is 0 Å². The van der Waals surface area contributed by atoms with E-state index in [4.69, 9.17) is 5.26 Å². The van der Waals surface area contributed by atoms with Gasteiger partial charge in [0, 0.05) is 25.5 Å². The lowest BCUT2D eigenvalue weighted by Crippen LogP contribution is -2.37. The Bertz CT molecular complexity index is 731. The molecule has 0 N–H and O–H groups in total. The van der Waals surface area contributed by atoms with Gasteiger partial charge in [-0.3, -0.25) is 4.68 Å². The zero-order valence-corrected chi connectivity index (χ0v) is 12.2. The van der Waals surface area contributed by atoms with Gasteiger partial charge in [-0.2, -0.15) is 23.5 Å². The van der Waals surface area contributed by atoms with Crippen LogP contribution in [0.5, 0.6) is 0 Å². The summed E-state index contributed by atoms with van der Waals surface area (Å²) >= 11 is 0. The second-order valence-corrected chi connectivity index (χ2v) is 5.41. The van der Waals surface area contributed by atoms with Crippen molar-refractivity contribution in [2.75, 3.05) is 18.0 Å². The monoisotopic (exact) mass is 321 g/mol. The van der Waals surface area contributed by atoms with E-state index in [2.05, 4.69) is 16.2 Å². The molecule has 1 saturated heterocycles. The molecule has 0 radical (unpaired) electrons. The third-order valence-electron chi connectivity index (χ3n) is 3.88. The number of nitrogens with zero attached hydrogens (tertiary/aromatic N) is 5. The molecular weight excluding hydrogens is 307 g/mol. The number of halogens is 3. The van der Waals surface area contributed by atoms with Gasteiger partial charge in [-0.15, -0.1) is 0 Å². The molecule has 1 unspecified atom stereocenters. The molecule has 0 bridgehead atoms. The summed E-state index contributed by atoms with van der Waals surface area (Å²) in [5.41, 5.74) is -0.422. The van der Waals surface area contributed by atoms with Crippen molar-refractivity contribution in [1.82, 2.24) is 14.8 Å². The van der Waals surface area contributed by atoms with Crippen molar-refractivity contribution in [3.05, 3.63) is 41.9 Å².